The molecule has 0 unspecified atom stereocenters. The Morgan fingerprint density at radius 2 is 2.19 bits per heavy atom. The van der Waals surface area contributed by atoms with E-state index in [1.165, 1.54) is 18.4 Å². The van der Waals surface area contributed by atoms with Crippen LogP contribution in [0.4, 0.5) is 5.69 Å². The third kappa shape index (κ3) is 2.18. The summed E-state index contributed by atoms with van der Waals surface area (Å²) in [5.41, 5.74) is 5.28. The van der Waals surface area contributed by atoms with Gasteiger partial charge in [-0.3, -0.25) is 5.84 Å². The highest BCUT2D eigenvalue weighted by molar-refractivity contribution is 6.32. The third-order valence-electron chi connectivity index (χ3n) is 2.72. The molecule has 1 heterocycles. The van der Waals surface area contributed by atoms with Crippen LogP contribution in [-0.4, -0.2) is 9.97 Å². The van der Waals surface area contributed by atoms with Gasteiger partial charge in [0.25, 0.3) is 0 Å². The lowest BCUT2D eigenvalue weighted by Crippen LogP contribution is -2.13. The van der Waals surface area contributed by atoms with Gasteiger partial charge in [-0.05, 0) is 38.2 Å². The van der Waals surface area contributed by atoms with Crippen LogP contribution in [0.25, 0.3) is 5.57 Å². The fourth-order valence-electron chi connectivity index (χ4n) is 1.95. The minimum atomic E-state index is 0.386. The average molecular weight is 239 g/mol. The summed E-state index contributed by atoms with van der Waals surface area (Å²) < 4.78 is 0. The molecular weight excluding hydrogens is 224 g/mol. The normalized spacial score (nSPS) is 15.8. The first kappa shape index (κ1) is 11.4. The van der Waals surface area contributed by atoms with Crippen LogP contribution >= 0.6 is 11.6 Å². The molecule has 1 aromatic rings. The zero-order valence-corrected chi connectivity index (χ0v) is 10.0. The van der Waals surface area contributed by atoms with Gasteiger partial charge in [0.15, 0.2) is 5.15 Å². The van der Waals surface area contributed by atoms with Crippen LogP contribution in [0.3, 0.4) is 0 Å². The Morgan fingerprint density at radius 3 is 2.81 bits per heavy atom. The summed E-state index contributed by atoms with van der Waals surface area (Å²) in [6.45, 7) is 1.83. The van der Waals surface area contributed by atoms with Gasteiger partial charge in [0.05, 0.1) is 5.69 Å². The Balaban J connectivity index is 2.49. The summed E-state index contributed by atoms with van der Waals surface area (Å²) in [5.74, 6) is 6.14. The molecule has 0 spiro atoms. The number of hydrogen-bond acceptors (Lipinski definition) is 4. The van der Waals surface area contributed by atoms with Crippen LogP contribution in [0.1, 0.15) is 37.2 Å². The molecule has 0 aromatic carbocycles. The quantitative estimate of drug-likeness (QED) is 0.472. The first-order valence-corrected chi connectivity index (χ1v) is 5.80. The summed E-state index contributed by atoms with van der Waals surface area (Å²) in [6, 6.07) is 0. The lowest BCUT2D eigenvalue weighted by Gasteiger charge is -2.16. The van der Waals surface area contributed by atoms with Gasteiger partial charge in [0.2, 0.25) is 0 Å². The minimum absolute atomic E-state index is 0.386. The summed E-state index contributed by atoms with van der Waals surface area (Å²) in [5, 5.41) is 0.386. The number of nitrogen functional groups attached to an aromatic ring is 1. The Morgan fingerprint density at radius 1 is 1.38 bits per heavy atom. The molecule has 86 valence electrons. The van der Waals surface area contributed by atoms with E-state index in [4.69, 9.17) is 17.4 Å². The number of nitrogens with zero attached hydrogens (tertiary/aromatic N) is 2. The second-order valence-corrected chi connectivity index (χ2v) is 4.26. The first-order chi connectivity index (χ1) is 7.72. The summed E-state index contributed by atoms with van der Waals surface area (Å²) in [7, 11) is 0. The van der Waals surface area contributed by atoms with Gasteiger partial charge in [-0.25, -0.2) is 9.97 Å². The molecule has 1 aromatic heterocycles. The van der Waals surface area contributed by atoms with Gasteiger partial charge < -0.3 is 5.43 Å². The van der Waals surface area contributed by atoms with Crippen molar-refractivity contribution < 1.29 is 0 Å². The molecular formula is C11H15ClN4. The Kier molecular flexibility index (Phi) is 3.41. The van der Waals surface area contributed by atoms with Gasteiger partial charge >= 0.3 is 0 Å². The van der Waals surface area contributed by atoms with E-state index >= 15 is 0 Å². The van der Waals surface area contributed by atoms with Gasteiger partial charge in [0.1, 0.15) is 11.5 Å². The SMILES string of the molecule is Cc1nc(Cl)c(NN)c(C2=CCCCC2)n1. The lowest BCUT2D eigenvalue weighted by atomic mass is 9.96. The molecule has 3 N–H and O–H groups in total. The molecule has 1 aliphatic rings. The minimum Gasteiger partial charge on any atom is -0.320 e. The zero-order valence-electron chi connectivity index (χ0n) is 9.26. The highest BCUT2D eigenvalue weighted by Gasteiger charge is 2.15. The van der Waals surface area contributed by atoms with Crippen LogP contribution in [-0.2, 0) is 0 Å². The molecule has 0 atom stereocenters. The smallest absolute Gasteiger partial charge is 0.157 e. The predicted octanol–water partition coefficient (Wildman–Crippen LogP) is 2.68. The summed E-state index contributed by atoms with van der Waals surface area (Å²) >= 11 is 6.03. The maximum absolute atomic E-state index is 6.03. The number of hydrazine groups is 1. The molecule has 0 bridgehead atoms. The second kappa shape index (κ2) is 4.80. The number of nitrogens with two attached hydrogens (primary N) is 1. The predicted molar refractivity (Wildman–Crippen MR) is 66.0 cm³/mol. The van der Waals surface area contributed by atoms with Crippen LogP contribution in [0.15, 0.2) is 6.08 Å². The van der Waals surface area contributed by atoms with E-state index in [0.717, 1.165) is 18.5 Å². The number of anilines is 1. The third-order valence-corrected chi connectivity index (χ3v) is 2.99. The monoisotopic (exact) mass is 238 g/mol. The molecule has 4 nitrogen and oxygen atoms in total. The zero-order chi connectivity index (χ0) is 11.5. The maximum atomic E-state index is 6.03. The van der Waals surface area contributed by atoms with Crippen LogP contribution in [0.2, 0.25) is 5.15 Å². The highest BCUT2D eigenvalue weighted by atomic mass is 35.5. The average Bonchev–Trinajstić information content (AvgIpc) is 2.29. The molecule has 5 heteroatoms. The van der Waals surface area contributed by atoms with Crippen molar-refractivity contribution in [2.45, 2.75) is 32.6 Å². The lowest BCUT2D eigenvalue weighted by molar-refractivity contribution is 0.739. The molecule has 0 radical (unpaired) electrons. The van der Waals surface area contributed by atoms with Gasteiger partial charge in [-0.15, -0.1) is 0 Å². The highest BCUT2D eigenvalue weighted by Crippen LogP contribution is 2.32. The summed E-state index contributed by atoms with van der Waals surface area (Å²) in [4.78, 5) is 8.51. The molecule has 0 aliphatic heterocycles. The van der Waals surface area contributed by atoms with Crippen molar-refractivity contribution in [3.05, 3.63) is 22.7 Å². The van der Waals surface area contributed by atoms with Crippen molar-refractivity contribution in [1.29, 1.82) is 0 Å². The molecule has 0 saturated carbocycles. The summed E-state index contributed by atoms with van der Waals surface area (Å²) in [6.07, 6.45) is 6.77. The molecule has 2 rings (SSSR count). The largest absolute Gasteiger partial charge is 0.320 e. The van der Waals surface area contributed by atoms with E-state index in [9.17, 15) is 0 Å². The Bertz CT molecular complexity index is 428. The number of nitrogens with one attached hydrogen (secondary N) is 1. The van der Waals surface area contributed by atoms with Crippen molar-refractivity contribution in [2.24, 2.45) is 5.84 Å². The van der Waals surface area contributed by atoms with Crippen molar-refractivity contribution in [2.75, 3.05) is 5.43 Å². The van der Waals surface area contributed by atoms with Crippen molar-refractivity contribution in [3.63, 3.8) is 0 Å². The number of halogens is 1. The number of aryl methyl sites for hydroxylation is 1. The molecule has 0 fully saturated rings. The van der Waals surface area contributed by atoms with E-state index in [2.05, 4.69) is 21.5 Å². The van der Waals surface area contributed by atoms with Crippen molar-refractivity contribution in [3.8, 4) is 0 Å². The molecule has 0 saturated heterocycles. The van der Waals surface area contributed by atoms with Crippen molar-refractivity contribution >= 4 is 22.9 Å². The van der Waals surface area contributed by atoms with E-state index in [0.29, 0.717) is 16.7 Å². The van der Waals surface area contributed by atoms with Crippen LogP contribution < -0.4 is 11.3 Å². The second-order valence-electron chi connectivity index (χ2n) is 3.90. The number of aromatic nitrogens is 2. The standard InChI is InChI=1S/C11H15ClN4/c1-7-14-9(8-5-3-2-4-6-8)10(16-13)11(12)15-7/h5,16H,2-4,6,13H2,1H3. The number of rotatable bonds is 2. The molecule has 1 aliphatic carbocycles. The maximum Gasteiger partial charge on any atom is 0.157 e. The van der Waals surface area contributed by atoms with E-state index < -0.39 is 0 Å². The molecule has 0 amide bonds. The number of hydrogen-bond donors (Lipinski definition) is 2. The molecule has 16 heavy (non-hydrogen) atoms. The Hall–Kier alpha value is -1.13. The van der Waals surface area contributed by atoms with Crippen LogP contribution in [0.5, 0.6) is 0 Å². The van der Waals surface area contributed by atoms with Crippen molar-refractivity contribution in [1.82, 2.24) is 9.97 Å². The van der Waals surface area contributed by atoms with Gasteiger partial charge in [-0.2, -0.15) is 0 Å². The fraction of sp³-hybridized carbons (Fsp3) is 0.455. The first-order valence-electron chi connectivity index (χ1n) is 5.42. The van der Waals surface area contributed by atoms with Crippen LogP contribution in [0, 0.1) is 6.92 Å². The fourth-order valence-corrected chi connectivity index (χ4v) is 2.22. The van der Waals surface area contributed by atoms with E-state index in [1.54, 1.807) is 0 Å². The number of allylic oxidation sites excluding steroid dienone is 2. The van der Waals surface area contributed by atoms with E-state index in [1.807, 2.05) is 6.92 Å². The van der Waals surface area contributed by atoms with Gasteiger partial charge in [-0.1, -0.05) is 17.7 Å². The van der Waals surface area contributed by atoms with E-state index in [-0.39, 0.29) is 0 Å². The van der Waals surface area contributed by atoms with Gasteiger partial charge in [0, 0.05) is 0 Å². The topological polar surface area (TPSA) is 63.8 Å². The Labute approximate surface area is 99.9 Å².